The van der Waals surface area contributed by atoms with Crippen molar-refractivity contribution in [1.82, 2.24) is 5.32 Å². The lowest BCUT2D eigenvalue weighted by Crippen LogP contribution is -2.43. The maximum absolute atomic E-state index is 13.1. The molecular weight excluding hydrogens is 277 g/mol. The summed E-state index contributed by atoms with van der Waals surface area (Å²) >= 11 is 0. The van der Waals surface area contributed by atoms with Gasteiger partial charge in [0.1, 0.15) is 11.4 Å². The number of hydrogen-bond donors (Lipinski definition) is 1. The average Bonchev–Trinajstić information content (AvgIpc) is 2.24. The molecule has 6 heteroatoms. The maximum Gasteiger partial charge on any atom is 0.407 e. The fourth-order valence-corrected chi connectivity index (χ4v) is 1.80. The van der Waals surface area contributed by atoms with E-state index in [1.54, 1.807) is 26.8 Å². The van der Waals surface area contributed by atoms with Crippen LogP contribution < -0.4 is 10.4 Å². The van der Waals surface area contributed by atoms with Crippen molar-refractivity contribution in [3.8, 4) is 0 Å². The Kier molecular flexibility index (Phi) is 5.69. The van der Waals surface area contributed by atoms with Gasteiger partial charge in [-0.25, -0.2) is 9.18 Å². The Morgan fingerprint density at radius 2 is 2.05 bits per heavy atom. The van der Waals surface area contributed by atoms with Crippen LogP contribution in [0.2, 0.25) is 0 Å². The number of amides is 1. The number of carbonyl (C=O) groups excluding carboxylic acids is 2. The molecule has 5 nitrogen and oxygen atoms in total. The molecule has 0 unspecified atom stereocenters. The second kappa shape index (κ2) is 7.06. The summed E-state index contributed by atoms with van der Waals surface area (Å²) in [6, 6.07) is 5.03. The standard InChI is InChI=1S/C15H20FNO4/c1-15(2,3)21-14(20)17-12(9-13(18)19)8-10-5-4-6-11(16)7-10/h4-7,12H,8-9H2,1-3H3,(H,17,20)(H,18,19)/p-1/t12-/m0/s1. The Bertz CT molecular complexity index is 511. The Balaban J connectivity index is 2.72. The normalized spacial score (nSPS) is 12.6. The van der Waals surface area contributed by atoms with Crippen molar-refractivity contribution in [3.05, 3.63) is 35.6 Å². The highest BCUT2D eigenvalue weighted by molar-refractivity contribution is 5.70. The average molecular weight is 296 g/mol. The molecule has 1 aromatic carbocycles. The molecule has 0 aliphatic rings. The van der Waals surface area contributed by atoms with E-state index in [-0.39, 0.29) is 12.8 Å². The minimum Gasteiger partial charge on any atom is -0.550 e. The molecule has 0 aromatic heterocycles. The van der Waals surface area contributed by atoms with Crippen LogP contribution in [0.15, 0.2) is 24.3 Å². The molecule has 1 atom stereocenters. The quantitative estimate of drug-likeness (QED) is 0.891. The number of benzene rings is 1. The maximum atomic E-state index is 13.1. The van der Waals surface area contributed by atoms with E-state index in [9.17, 15) is 19.1 Å². The number of nitrogens with one attached hydrogen (secondary N) is 1. The minimum atomic E-state index is -1.30. The van der Waals surface area contributed by atoms with Crippen LogP contribution in [-0.2, 0) is 16.0 Å². The molecule has 0 aliphatic heterocycles. The molecule has 1 N–H and O–H groups in total. The summed E-state index contributed by atoms with van der Waals surface area (Å²) in [6.07, 6.45) is -0.925. The number of carboxylic acids is 1. The molecule has 0 bridgehead atoms. The highest BCUT2D eigenvalue weighted by Gasteiger charge is 2.20. The molecule has 0 radical (unpaired) electrons. The summed E-state index contributed by atoms with van der Waals surface area (Å²) in [5, 5.41) is 13.2. The van der Waals surface area contributed by atoms with Gasteiger partial charge in [-0.15, -0.1) is 0 Å². The van der Waals surface area contributed by atoms with Gasteiger partial charge < -0.3 is 20.0 Å². The topological polar surface area (TPSA) is 78.5 Å². The summed E-state index contributed by atoms with van der Waals surface area (Å²) in [5.74, 6) is -1.72. The van der Waals surface area contributed by atoms with Crippen LogP contribution in [0, 0.1) is 5.82 Å². The van der Waals surface area contributed by atoms with Gasteiger partial charge >= 0.3 is 6.09 Å². The SMILES string of the molecule is CC(C)(C)OC(=O)N[C@H](CC(=O)[O-])Cc1cccc(F)c1. The number of rotatable bonds is 5. The van der Waals surface area contributed by atoms with Gasteiger partial charge in [-0.3, -0.25) is 0 Å². The van der Waals surface area contributed by atoms with Crippen LogP contribution in [-0.4, -0.2) is 23.7 Å². The molecule has 0 saturated carbocycles. The summed E-state index contributed by atoms with van der Waals surface area (Å²) in [6.45, 7) is 5.10. The molecule has 1 amide bonds. The lowest BCUT2D eigenvalue weighted by Gasteiger charge is -2.24. The van der Waals surface area contributed by atoms with Crippen molar-refractivity contribution in [2.75, 3.05) is 0 Å². The van der Waals surface area contributed by atoms with Crippen LogP contribution >= 0.6 is 0 Å². The van der Waals surface area contributed by atoms with Gasteiger partial charge in [-0.05, 0) is 44.9 Å². The van der Waals surface area contributed by atoms with Crippen LogP contribution in [0.1, 0.15) is 32.8 Å². The number of ether oxygens (including phenoxy) is 1. The fourth-order valence-electron chi connectivity index (χ4n) is 1.80. The summed E-state index contributed by atoms with van der Waals surface area (Å²) in [7, 11) is 0. The van der Waals surface area contributed by atoms with Gasteiger partial charge in [0.25, 0.3) is 0 Å². The first-order chi connectivity index (χ1) is 9.65. The first-order valence-electron chi connectivity index (χ1n) is 6.59. The highest BCUT2D eigenvalue weighted by Crippen LogP contribution is 2.11. The Morgan fingerprint density at radius 1 is 1.38 bits per heavy atom. The zero-order valence-electron chi connectivity index (χ0n) is 12.3. The van der Waals surface area contributed by atoms with Gasteiger partial charge in [0.15, 0.2) is 0 Å². The Morgan fingerprint density at radius 3 is 2.57 bits per heavy atom. The largest absolute Gasteiger partial charge is 0.550 e. The van der Waals surface area contributed by atoms with Crippen molar-refractivity contribution in [2.45, 2.75) is 45.3 Å². The van der Waals surface area contributed by atoms with Gasteiger partial charge in [0.2, 0.25) is 0 Å². The van der Waals surface area contributed by atoms with Crippen LogP contribution in [0.4, 0.5) is 9.18 Å². The molecule has 1 aromatic rings. The van der Waals surface area contributed by atoms with E-state index in [4.69, 9.17) is 4.74 Å². The molecule has 21 heavy (non-hydrogen) atoms. The second-order valence-electron chi connectivity index (χ2n) is 5.75. The predicted molar refractivity (Wildman–Crippen MR) is 72.9 cm³/mol. The third-order valence-corrected chi connectivity index (χ3v) is 2.51. The number of halogens is 1. The lowest BCUT2D eigenvalue weighted by molar-refractivity contribution is -0.306. The number of carbonyl (C=O) groups is 2. The van der Waals surface area contributed by atoms with Crippen LogP contribution in [0.3, 0.4) is 0 Å². The van der Waals surface area contributed by atoms with Gasteiger partial charge in [-0.1, -0.05) is 12.1 Å². The lowest BCUT2D eigenvalue weighted by atomic mass is 10.0. The monoisotopic (exact) mass is 296 g/mol. The zero-order chi connectivity index (χ0) is 16.0. The van der Waals surface area contributed by atoms with E-state index in [0.717, 1.165) is 0 Å². The van der Waals surface area contributed by atoms with Crippen molar-refractivity contribution < 1.29 is 23.8 Å². The van der Waals surface area contributed by atoms with E-state index < -0.39 is 29.5 Å². The van der Waals surface area contributed by atoms with Crippen LogP contribution in [0.25, 0.3) is 0 Å². The van der Waals surface area contributed by atoms with E-state index >= 15 is 0 Å². The summed E-state index contributed by atoms with van der Waals surface area (Å²) in [4.78, 5) is 22.4. The Hall–Kier alpha value is -2.11. The van der Waals surface area contributed by atoms with Crippen molar-refractivity contribution >= 4 is 12.1 Å². The van der Waals surface area contributed by atoms with E-state index in [2.05, 4.69) is 5.32 Å². The molecule has 0 fully saturated rings. The number of hydrogen-bond acceptors (Lipinski definition) is 4. The van der Waals surface area contributed by atoms with E-state index in [0.29, 0.717) is 5.56 Å². The molecule has 0 saturated heterocycles. The third kappa shape index (κ3) is 7.29. The summed E-state index contributed by atoms with van der Waals surface area (Å²) in [5.41, 5.74) is -0.105. The molecular formula is C15H19FNO4-. The molecule has 0 aliphatic carbocycles. The predicted octanol–water partition coefficient (Wildman–Crippen LogP) is 1.40. The number of alkyl carbamates (subject to hydrolysis) is 1. The molecule has 116 valence electrons. The third-order valence-electron chi connectivity index (χ3n) is 2.51. The Labute approximate surface area is 123 Å². The summed E-state index contributed by atoms with van der Waals surface area (Å²) < 4.78 is 18.2. The molecule has 0 spiro atoms. The molecule has 0 heterocycles. The van der Waals surface area contributed by atoms with E-state index in [1.165, 1.54) is 18.2 Å². The first kappa shape index (κ1) is 16.9. The van der Waals surface area contributed by atoms with Crippen molar-refractivity contribution in [3.63, 3.8) is 0 Å². The number of aliphatic carboxylic acids is 1. The zero-order valence-corrected chi connectivity index (χ0v) is 12.3. The minimum absolute atomic E-state index is 0.172. The van der Waals surface area contributed by atoms with Gasteiger partial charge in [-0.2, -0.15) is 0 Å². The number of carboxylic acid groups (broad SMARTS) is 1. The van der Waals surface area contributed by atoms with Crippen molar-refractivity contribution in [1.29, 1.82) is 0 Å². The first-order valence-corrected chi connectivity index (χ1v) is 6.59. The van der Waals surface area contributed by atoms with Gasteiger partial charge in [0, 0.05) is 18.4 Å². The van der Waals surface area contributed by atoms with E-state index in [1.807, 2.05) is 0 Å². The molecule has 1 rings (SSSR count). The van der Waals surface area contributed by atoms with Crippen LogP contribution in [0.5, 0.6) is 0 Å². The second-order valence-corrected chi connectivity index (χ2v) is 5.75. The smallest absolute Gasteiger partial charge is 0.407 e. The van der Waals surface area contributed by atoms with Crippen molar-refractivity contribution in [2.24, 2.45) is 0 Å². The highest BCUT2D eigenvalue weighted by atomic mass is 19.1. The van der Waals surface area contributed by atoms with Gasteiger partial charge in [0.05, 0.1) is 0 Å². The fraction of sp³-hybridized carbons (Fsp3) is 0.467.